The van der Waals surface area contributed by atoms with Crippen LogP contribution in [0.3, 0.4) is 0 Å². The molecule has 102 valence electrons. The summed E-state index contributed by atoms with van der Waals surface area (Å²) in [7, 11) is 0. The van der Waals surface area contributed by atoms with Crippen molar-refractivity contribution in [3.05, 3.63) is 34.6 Å². The molecule has 0 aliphatic carbocycles. The maximum atomic E-state index is 13.2. The molecular weight excluding hydrogens is 255 g/mol. The fourth-order valence-electron chi connectivity index (χ4n) is 1.37. The molecular formula is C11H13F5N2. The molecule has 0 unspecified atom stereocenters. The van der Waals surface area contributed by atoms with Crippen molar-refractivity contribution in [3.8, 4) is 0 Å². The maximum absolute atomic E-state index is 13.2. The molecule has 0 radical (unpaired) electrons. The van der Waals surface area contributed by atoms with Crippen LogP contribution in [-0.4, -0.2) is 19.6 Å². The second-order valence-electron chi connectivity index (χ2n) is 3.58. The van der Waals surface area contributed by atoms with Crippen LogP contribution in [0.25, 0.3) is 0 Å². The number of benzene rings is 1. The Hall–Kier alpha value is -1.21. The van der Waals surface area contributed by atoms with Crippen LogP contribution in [0.15, 0.2) is 0 Å². The lowest BCUT2D eigenvalue weighted by atomic mass is 10.1. The van der Waals surface area contributed by atoms with E-state index in [9.17, 15) is 22.0 Å². The Balaban J connectivity index is 2.77. The SMILES string of the molecule is CCNCCNCc1c(F)c(F)c(F)c(F)c1F. The summed E-state index contributed by atoms with van der Waals surface area (Å²) in [5.41, 5.74) is -0.845. The smallest absolute Gasteiger partial charge is 0.200 e. The first-order valence-electron chi connectivity index (χ1n) is 5.42. The van der Waals surface area contributed by atoms with Gasteiger partial charge >= 0.3 is 0 Å². The molecule has 2 N–H and O–H groups in total. The number of nitrogens with one attached hydrogen (secondary N) is 2. The van der Waals surface area contributed by atoms with Crippen LogP contribution in [0.2, 0.25) is 0 Å². The largest absolute Gasteiger partial charge is 0.316 e. The van der Waals surface area contributed by atoms with Gasteiger partial charge in [0.2, 0.25) is 5.82 Å². The maximum Gasteiger partial charge on any atom is 0.200 e. The standard InChI is InChI=1S/C11H13F5N2/c1-2-17-3-4-18-5-6-7(12)9(14)11(16)10(15)8(6)13/h17-18H,2-5H2,1H3. The lowest BCUT2D eigenvalue weighted by Crippen LogP contribution is -2.27. The Morgan fingerprint density at radius 2 is 1.17 bits per heavy atom. The quantitative estimate of drug-likeness (QED) is 0.357. The third-order valence-electron chi connectivity index (χ3n) is 2.33. The van der Waals surface area contributed by atoms with Gasteiger partial charge in [0.15, 0.2) is 23.3 Å². The third kappa shape index (κ3) is 3.17. The van der Waals surface area contributed by atoms with Gasteiger partial charge in [0.1, 0.15) is 0 Å². The molecule has 0 aliphatic heterocycles. The predicted octanol–water partition coefficient (Wildman–Crippen LogP) is 2.08. The molecule has 1 aromatic carbocycles. The summed E-state index contributed by atoms with van der Waals surface area (Å²) < 4.78 is 64.8. The van der Waals surface area contributed by atoms with Crippen LogP contribution in [0.5, 0.6) is 0 Å². The van der Waals surface area contributed by atoms with Crippen LogP contribution in [0.1, 0.15) is 12.5 Å². The molecule has 18 heavy (non-hydrogen) atoms. The molecule has 0 amide bonds. The molecule has 0 spiro atoms. The second kappa shape index (κ2) is 6.65. The first-order chi connectivity index (χ1) is 8.50. The highest BCUT2D eigenvalue weighted by atomic mass is 19.2. The fourth-order valence-corrected chi connectivity index (χ4v) is 1.37. The Morgan fingerprint density at radius 3 is 1.67 bits per heavy atom. The summed E-state index contributed by atoms with van der Waals surface area (Å²) in [5, 5.41) is 5.53. The van der Waals surface area contributed by atoms with Crippen molar-refractivity contribution in [3.63, 3.8) is 0 Å². The average Bonchev–Trinajstić information content (AvgIpc) is 2.37. The van der Waals surface area contributed by atoms with E-state index in [0.717, 1.165) is 6.54 Å². The van der Waals surface area contributed by atoms with Gasteiger partial charge in [-0.2, -0.15) is 0 Å². The zero-order valence-electron chi connectivity index (χ0n) is 9.72. The van der Waals surface area contributed by atoms with Crippen LogP contribution in [-0.2, 0) is 6.54 Å². The summed E-state index contributed by atoms with van der Waals surface area (Å²) in [6.07, 6.45) is 0. The van der Waals surface area contributed by atoms with Crippen LogP contribution in [0, 0.1) is 29.1 Å². The molecule has 0 atom stereocenters. The molecule has 1 aromatic rings. The summed E-state index contributed by atoms with van der Waals surface area (Å²) in [4.78, 5) is 0. The molecule has 7 heteroatoms. The van der Waals surface area contributed by atoms with Gasteiger partial charge in [-0.1, -0.05) is 6.92 Å². The van der Waals surface area contributed by atoms with E-state index in [-0.39, 0.29) is 0 Å². The predicted molar refractivity (Wildman–Crippen MR) is 56.5 cm³/mol. The van der Waals surface area contributed by atoms with E-state index in [1.165, 1.54) is 0 Å². The molecule has 0 bridgehead atoms. The van der Waals surface area contributed by atoms with Gasteiger partial charge in [-0.15, -0.1) is 0 Å². The summed E-state index contributed by atoms with van der Waals surface area (Å²) >= 11 is 0. The minimum Gasteiger partial charge on any atom is -0.316 e. The first-order valence-corrected chi connectivity index (χ1v) is 5.42. The number of hydrogen-bond acceptors (Lipinski definition) is 2. The van der Waals surface area contributed by atoms with Crippen molar-refractivity contribution in [2.24, 2.45) is 0 Å². The van der Waals surface area contributed by atoms with Crippen molar-refractivity contribution in [2.75, 3.05) is 19.6 Å². The highest BCUT2D eigenvalue weighted by Gasteiger charge is 2.24. The van der Waals surface area contributed by atoms with Gasteiger partial charge < -0.3 is 10.6 Å². The zero-order chi connectivity index (χ0) is 13.7. The Labute approximate surface area is 101 Å². The molecule has 0 saturated carbocycles. The fraction of sp³-hybridized carbons (Fsp3) is 0.455. The van der Waals surface area contributed by atoms with Crippen molar-refractivity contribution in [1.82, 2.24) is 10.6 Å². The minimum absolute atomic E-state index is 0.354. The summed E-state index contributed by atoms with van der Waals surface area (Å²) in [6.45, 7) is 3.07. The average molecular weight is 268 g/mol. The summed E-state index contributed by atoms with van der Waals surface area (Å²) in [5.74, 6) is -9.55. The minimum atomic E-state index is -2.14. The number of hydrogen-bond donors (Lipinski definition) is 2. The molecule has 2 nitrogen and oxygen atoms in total. The van der Waals surface area contributed by atoms with Crippen LogP contribution in [0.4, 0.5) is 22.0 Å². The van der Waals surface area contributed by atoms with E-state index in [2.05, 4.69) is 10.6 Å². The number of likely N-dealkylation sites (N-methyl/N-ethyl adjacent to an activating group) is 1. The van der Waals surface area contributed by atoms with E-state index in [0.29, 0.717) is 13.1 Å². The van der Waals surface area contributed by atoms with E-state index in [1.807, 2.05) is 6.92 Å². The van der Waals surface area contributed by atoms with Gasteiger partial charge in [-0.3, -0.25) is 0 Å². The van der Waals surface area contributed by atoms with Crippen LogP contribution < -0.4 is 10.6 Å². The van der Waals surface area contributed by atoms with Gasteiger partial charge in [-0.05, 0) is 6.54 Å². The molecule has 0 heterocycles. The lowest BCUT2D eigenvalue weighted by molar-refractivity contribution is 0.367. The van der Waals surface area contributed by atoms with Gasteiger partial charge in [0.25, 0.3) is 0 Å². The third-order valence-corrected chi connectivity index (χ3v) is 2.33. The molecule has 0 aromatic heterocycles. The Bertz CT molecular complexity index is 393. The lowest BCUT2D eigenvalue weighted by Gasteiger charge is -2.09. The van der Waals surface area contributed by atoms with Gasteiger partial charge in [0, 0.05) is 25.2 Å². The molecule has 0 aliphatic rings. The number of rotatable bonds is 6. The molecule has 0 saturated heterocycles. The van der Waals surface area contributed by atoms with Crippen molar-refractivity contribution >= 4 is 0 Å². The van der Waals surface area contributed by atoms with E-state index < -0.39 is 41.2 Å². The zero-order valence-corrected chi connectivity index (χ0v) is 9.72. The first kappa shape index (κ1) is 14.8. The number of halogens is 5. The van der Waals surface area contributed by atoms with Gasteiger partial charge in [-0.25, -0.2) is 22.0 Å². The molecule has 0 fully saturated rings. The van der Waals surface area contributed by atoms with Crippen molar-refractivity contribution < 1.29 is 22.0 Å². The normalized spacial score (nSPS) is 11.0. The van der Waals surface area contributed by atoms with Crippen molar-refractivity contribution in [1.29, 1.82) is 0 Å². The monoisotopic (exact) mass is 268 g/mol. The highest BCUT2D eigenvalue weighted by molar-refractivity contribution is 5.23. The topological polar surface area (TPSA) is 24.1 Å². The highest BCUT2D eigenvalue weighted by Crippen LogP contribution is 2.22. The Kier molecular flexibility index (Phi) is 5.49. The molecule has 1 rings (SSSR count). The van der Waals surface area contributed by atoms with E-state index >= 15 is 0 Å². The van der Waals surface area contributed by atoms with Gasteiger partial charge in [0.05, 0.1) is 0 Å². The summed E-state index contributed by atoms with van der Waals surface area (Å²) in [6, 6.07) is 0. The van der Waals surface area contributed by atoms with Crippen molar-refractivity contribution in [2.45, 2.75) is 13.5 Å². The van der Waals surface area contributed by atoms with E-state index in [4.69, 9.17) is 0 Å². The second-order valence-corrected chi connectivity index (χ2v) is 3.58. The van der Waals surface area contributed by atoms with E-state index in [1.54, 1.807) is 0 Å². The van der Waals surface area contributed by atoms with Crippen LogP contribution >= 0.6 is 0 Å². The Morgan fingerprint density at radius 1 is 0.722 bits per heavy atom.